The predicted octanol–water partition coefficient (Wildman–Crippen LogP) is 2.43. The Balaban J connectivity index is 3.23. The lowest BCUT2D eigenvalue weighted by Crippen LogP contribution is -2.50. The number of amides is 1. The highest BCUT2D eigenvalue weighted by Crippen LogP contribution is 2.36. The van der Waals surface area contributed by atoms with E-state index in [1.807, 2.05) is 5.32 Å². The molecule has 0 bridgehead atoms. The average molecular weight is 487 g/mol. The van der Waals surface area contributed by atoms with Gasteiger partial charge in [0.15, 0.2) is 5.92 Å². The van der Waals surface area contributed by atoms with E-state index >= 15 is 0 Å². The second-order valence-corrected chi connectivity index (χ2v) is 6.86. The first-order chi connectivity index (χ1) is 15.0. The van der Waals surface area contributed by atoms with Gasteiger partial charge >= 0.3 is 30.3 Å². The molecule has 1 amide bonds. The summed E-state index contributed by atoms with van der Waals surface area (Å²) in [6.07, 6.45) is -11.3. The number of carbonyl (C=O) groups is 4. The second-order valence-electron chi connectivity index (χ2n) is 6.86. The summed E-state index contributed by atoms with van der Waals surface area (Å²) >= 11 is 0. The molecule has 8 nitrogen and oxygen atoms in total. The zero-order valence-electron chi connectivity index (χ0n) is 17.3. The number of ether oxygens (including phenoxy) is 2. The number of hydrogen-bond donors (Lipinski definition) is 2. The number of methoxy groups -OCH3 is 2. The van der Waals surface area contributed by atoms with Gasteiger partial charge in [-0.05, 0) is 23.8 Å². The Morgan fingerprint density at radius 2 is 1.33 bits per heavy atom. The number of carboxylic acid groups (broad SMARTS) is 1. The third-order valence-electron chi connectivity index (χ3n) is 4.56. The van der Waals surface area contributed by atoms with Gasteiger partial charge in [0.1, 0.15) is 6.04 Å². The molecule has 1 aromatic rings. The standard InChI is InChI=1S/C19H19F6NO7/c1-8(13(16(30)32-2)17(31)33-3)14(15(28)29)26-12(27)6-9-4-10(18(20,21)22)7-11(5-9)19(23,24)25/h4-5,7-8,13-14H,6H2,1-3H3,(H,26,27)(H,28,29)/t8-,14+/m1/s1. The van der Waals surface area contributed by atoms with Gasteiger partial charge in [0, 0.05) is 5.92 Å². The predicted molar refractivity (Wildman–Crippen MR) is 96.4 cm³/mol. The van der Waals surface area contributed by atoms with E-state index in [2.05, 4.69) is 9.47 Å². The van der Waals surface area contributed by atoms with E-state index in [0.29, 0.717) is 12.1 Å². The minimum atomic E-state index is -5.14. The van der Waals surface area contributed by atoms with Crippen molar-refractivity contribution in [2.24, 2.45) is 11.8 Å². The maximum Gasteiger partial charge on any atom is 0.416 e. The number of halogens is 6. The molecule has 0 aliphatic carbocycles. The number of nitrogens with one attached hydrogen (secondary N) is 1. The van der Waals surface area contributed by atoms with Crippen LogP contribution in [0.2, 0.25) is 0 Å². The van der Waals surface area contributed by atoms with Crippen molar-refractivity contribution in [3.05, 3.63) is 34.9 Å². The fourth-order valence-corrected chi connectivity index (χ4v) is 2.92. The fraction of sp³-hybridized carbons (Fsp3) is 0.474. The van der Waals surface area contributed by atoms with Crippen molar-refractivity contribution < 1.29 is 60.1 Å². The summed E-state index contributed by atoms with van der Waals surface area (Å²) in [5.74, 6) is -8.60. The van der Waals surface area contributed by atoms with Crippen LogP contribution in [0.5, 0.6) is 0 Å². The highest BCUT2D eigenvalue weighted by atomic mass is 19.4. The molecule has 0 aliphatic rings. The molecule has 1 aromatic carbocycles. The first-order valence-electron chi connectivity index (χ1n) is 8.99. The van der Waals surface area contributed by atoms with E-state index in [-0.39, 0.29) is 6.07 Å². The van der Waals surface area contributed by atoms with Crippen LogP contribution in [-0.2, 0) is 47.4 Å². The minimum Gasteiger partial charge on any atom is -0.480 e. The molecule has 0 saturated carbocycles. The van der Waals surface area contributed by atoms with Gasteiger partial charge in [0.05, 0.1) is 31.8 Å². The first kappa shape index (κ1) is 27.7. The Labute approximate surface area is 182 Å². The summed E-state index contributed by atoms with van der Waals surface area (Å²) in [4.78, 5) is 47.7. The maximum absolute atomic E-state index is 13.0. The molecule has 2 atom stereocenters. The number of carboxylic acids is 1. The van der Waals surface area contributed by atoms with Gasteiger partial charge in [-0.2, -0.15) is 26.3 Å². The van der Waals surface area contributed by atoms with Crippen LogP contribution in [-0.4, -0.2) is 49.2 Å². The van der Waals surface area contributed by atoms with E-state index in [9.17, 15) is 50.6 Å². The summed E-state index contributed by atoms with van der Waals surface area (Å²) in [5.41, 5.74) is -4.00. The van der Waals surface area contributed by atoms with Crippen molar-refractivity contribution in [3.63, 3.8) is 0 Å². The first-order valence-corrected chi connectivity index (χ1v) is 8.99. The number of rotatable bonds is 8. The summed E-state index contributed by atoms with van der Waals surface area (Å²) in [5, 5.41) is 11.3. The number of aliphatic carboxylic acids is 1. The lowest BCUT2D eigenvalue weighted by Gasteiger charge is -2.26. The van der Waals surface area contributed by atoms with Crippen molar-refractivity contribution in [2.75, 3.05) is 14.2 Å². The Hall–Kier alpha value is -3.32. The Morgan fingerprint density at radius 3 is 1.67 bits per heavy atom. The molecule has 0 heterocycles. The second kappa shape index (κ2) is 10.5. The van der Waals surface area contributed by atoms with Crippen molar-refractivity contribution in [1.82, 2.24) is 5.32 Å². The summed E-state index contributed by atoms with van der Waals surface area (Å²) in [6, 6.07) is -1.42. The van der Waals surface area contributed by atoms with E-state index in [0.717, 1.165) is 21.1 Å². The smallest absolute Gasteiger partial charge is 0.416 e. The van der Waals surface area contributed by atoms with Crippen LogP contribution in [0.15, 0.2) is 18.2 Å². The number of hydrogen-bond acceptors (Lipinski definition) is 6. The van der Waals surface area contributed by atoms with E-state index < -0.39 is 77.2 Å². The van der Waals surface area contributed by atoms with E-state index in [4.69, 9.17) is 0 Å². The summed E-state index contributed by atoms with van der Waals surface area (Å²) in [6.45, 7) is 1.09. The van der Waals surface area contributed by atoms with Gasteiger partial charge < -0.3 is 19.9 Å². The van der Waals surface area contributed by atoms with Crippen molar-refractivity contribution in [3.8, 4) is 0 Å². The van der Waals surface area contributed by atoms with Crippen LogP contribution in [0.25, 0.3) is 0 Å². The highest BCUT2D eigenvalue weighted by Gasteiger charge is 2.42. The van der Waals surface area contributed by atoms with Crippen LogP contribution in [0.1, 0.15) is 23.6 Å². The molecule has 0 aromatic heterocycles. The third-order valence-corrected chi connectivity index (χ3v) is 4.56. The minimum absolute atomic E-state index is 0.124. The molecule has 0 unspecified atom stereocenters. The maximum atomic E-state index is 13.0. The topological polar surface area (TPSA) is 119 Å². The molecule has 14 heteroatoms. The molecule has 0 saturated heterocycles. The average Bonchev–Trinajstić information content (AvgIpc) is 2.69. The van der Waals surface area contributed by atoms with Gasteiger partial charge in [0.2, 0.25) is 5.91 Å². The summed E-state index contributed by atoms with van der Waals surface area (Å²) in [7, 11) is 1.82. The molecule has 0 radical (unpaired) electrons. The monoisotopic (exact) mass is 487 g/mol. The number of carbonyl (C=O) groups excluding carboxylic acids is 3. The van der Waals surface area contributed by atoms with Gasteiger partial charge in [0.25, 0.3) is 0 Å². The molecule has 33 heavy (non-hydrogen) atoms. The van der Waals surface area contributed by atoms with Crippen LogP contribution >= 0.6 is 0 Å². The van der Waals surface area contributed by atoms with E-state index in [1.165, 1.54) is 0 Å². The molecule has 0 fully saturated rings. The van der Waals surface area contributed by atoms with Crippen molar-refractivity contribution >= 4 is 23.8 Å². The van der Waals surface area contributed by atoms with Crippen LogP contribution in [0, 0.1) is 11.8 Å². The van der Waals surface area contributed by atoms with Gasteiger partial charge in [-0.25, -0.2) is 4.79 Å². The Kier molecular flexibility index (Phi) is 8.84. The normalized spacial score (nSPS) is 13.8. The van der Waals surface area contributed by atoms with Crippen molar-refractivity contribution in [2.45, 2.75) is 31.7 Å². The quantitative estimate of drug-likeness (QED) is 0.329. The Bertz CT molecular complexity index is 865. The lowest BCUT2D eigenvalue weighted by atomic mass is 9.87. The number of benzene rings is 1. The van der Waals surface area contributed by atoms with Gasteiger partial charge in [-0.1, -0.05) is 6.92 Å². The zero-order chi connectivity index (χ0) is 25.7. The molecule has 0 aliphatic heterocycles. The lowest BCUT2D eigenvalue weighted by molar-refractivity contribution is -0.163. The van der Waals surface area contributed by atoms with Crippen LogP contribution < -0.4 is 5.32 Å². The SMILES string of the molecule is COC(=O)C(C(=O)OC)[C@@H](C)[C@H](NC(=O)Cc1cc(C(F)(F)F)cc(C(F)(F)F)c1)C(=O)O. The van der Waals surface area contributed by atoms with Crippen molar-refractivity contribution in [1.29, 1.82) is 0 Å². The summed E-state index contributed by atoms with van der Waals surface area (Å²) < 4.78 is 86.7. The van der Waals surface area contributed by atoms with Gasteiger partial charge in [-0.3, -0.25) is 14.4 Å². The zero-order valence-corrected chi connectivity index (χ0v) is 17.3. The van der Waals surface area contributed by atoms with Crippen LogP contribution in [0.3, 0.4) is 0 Å². The van der Waals surface area contributed by atoms with Gasteiger partial charge in [-0.15, -0.1) is 0 Å². The Morgan fingerprint density at radius 1 is 0.909 bits per heavy atom. The third kappa shape index (κ3) is 7.36. The highest BCUT2D eigenvalue weighted by molar-refractivity contribution is 5.96. The number of esters is 2. The molecule has 1 rings (SSSR count). The molecular formula is C19H19F6NO7. The fourth-order valence-electron chi connectivity index (χ4n) is 2.92. The van der Waals surface area contributed by atoms with E-state index in [1.54, 1.807) is 0 Å². The number of alkyl halides is 6. The molecule has 2 N–H and O–H groups in total. The molecular weight excluding hydrogens is 468 g/mol. The van der Waals surface area contributed by atoms with Crippen LogP contribution in [0.4, 0.5) is 26.3 Å². The molecule has 184 valence electrons. The molecule has 0 spiro atoms. The largest absolute Gasteiger partial charge is 0.480 e.